The van der Waals surface area contributed by atoms with Gasteiger partial charge in [-0.25, -0.2) is 8.78 Å². The molecule has 0 N–H and O–H groups in total. The summed E-state index contributed by atoms with van der Waals surface area (Å²) in [5.74, 6) is -0.546. The summed E-state index contributed by atoms with van der Waals surface area (Å²) >= 11 is 0. The molecule has 0 aliphatic heterocycles. The lowest BCUT2D eigenvalue weighted by atomic mass is 10.2. The highest BCUT2D eigenvalue weighted by Crippen LogP contribution is 2.38. The van der Waals surface area contributed by atoms with Crippen molar-refractivity contribution in [2.24, 2.45) is 4.99 Å². The molecule has 118 valence electrons. The minimum atomic E-state index is -2.88. The summed E-state index contributed by atoms with van der Waals surface area (Å²) in [7, 11) is 0.930. The Labute approximate surface area is 121 Å². The van der Waals surface area contributed by atoms with Crippen LogP contribution in [-0.4, -0.2) is 51.6 Å². The van der Waals surface area contributed by atoms with Gasteiger partial charge in [-0.1, -0.05) is 20.8 Å². The minimum absolute atomic E-state index is 0.249. The van der Waals surface area contributed by atoms with Crippen LogP contribution in [0.15, 0.2) is 4.99 Å². The van der Waals surface area contributed by atoms with Gasteiger partial charge in [-0.3, -0.25) is 4.79 Å². The van der Waals surface area contributed by atoms with E-state index >= 15 is 0 Å². The van der Waals surface area contributed by atoms with Crippen LogP contribution in [0.5, 0.6) is 0 Å². The Bertz CT molecular complexity index is 377. The van der Waals surface area contributed by atoms with Crippen LogP contribution >= 0.6 is 0 Å². The number of carbonyl (C=O) groups is 1. The van der Waals surface area contributed by atoms with Crippen molar-refractivity contribution in [3.05, 3.63) is 0 Å². The van der Waals surface area contributed by atoms with E-state index in [1.807, 2.05) is 33.9 Å². The molecule has 0 aromatic heterocycles. The maximum Gasteiger partial charge on any atom is 0.281 e. The van der Waals surface area contributed by atoms with Crippen LogP contribution in [0.2, 0.25) is 18.1 Å². The fourth-order valence-corrected chi connectivity index (χ4v) is 2.22. The van der Waals surface area contributed by atoms with Crippen molar-refractivity contribution < 1.29 is 18.0 Å². The third kappa shape index (κ3) is 5.28. The zero-order valence-corrected chi connectivity index (χ0v) is 14.6. The molecule has 0 aromatic rings. The third-order valence-corrected chi connectivity index (χ3v) is 8.07. The number of amidine groups is 1. The number of nitrogens with zero attached hydrogens (tertiary/aromatic N) is 2. The van der Waals surface area contributed by atoms with Crippen molar-refractivity contribution in [1.82, 2.24) is 4.90 Å². The highest BCUT2D eigenvalue weighted by atomic mass is 28.4. The zero-order valence-electron chi connectivity index (χ0n) is 13.6. The Kier molecular flexibility index (Phi) is 6.48. The van der Waals surface area contributed by atoms with Crippen LogP contribution in [0, 0.1) is 0 Å². The highest BCUT2D eigenvalue weighted by molar-refractivity contribution is 6.74. The molecule has 0 aromatic carbocycles. The van der Waals surface area contributed by atoms with Crippen molar-refractivity contribution in [2.45, 2.75) is 58.4 Å². The third-order valence-electron chi connectivity index (χ3n) is 3.62. The van der Waals surface area contributed by atoms with E-state index in [-0.39, 0.29) is 5.04 Å². The molecule has 0 bridgehead atoms. The van der Waals surface area contributed by atoms with E-state index in [9.17, 15) is 13.6 Å². The maximum atomic E-state index is 13.1. The predicted octanol–water partition coefficient (Wildman–Crippen LogP) is 3.15. The molecule has 20 heavy (non-hydrogen) atoms. The van der Waals surface area contributed by atoms with Gasteiger partial charge in [-0.15, -0.1) is 0 Å². The van der Waals surface area contributed by atoms with Crippen LogP contribution < -0.4 is 0 Å². The van der Waals surface area contributed by atoms with E-state index < -0.39 is 26.8 Å². The van der Waals surface area contributed by atoms with Crippen molar-refractivity contribution in [1.29, 1.82) is 0 Å². The van der Waals surface area contributed by atoms with Crippen LogP contribution in [0.3, 0.4) is 0 Å². The van der Waals surface area contributed by atoms with Gasteiger partial charge in [0.25, 0.3) is 12.3 Å². The van der Waals surface area contributed by atoms with Gasteiger partial charge in [-0.05, 0) is 25.1 Å². The zero-order chi connectivity index (χ0) is 16.3. The van der Waals surface area contributed by atoms with Gasteiger partial charge in [0.15, 0.2) is 14.4 Å². The summed E-state index contributed by atoms with van der Waals surface area (Å²) in [5, 5.41) is -0.249. The maximum absolute atomic E-state index is 13.1. The van der Waals surface area contributed by atoms with E-state index in [1.54, 1.807) is 25.9 Å². The predicted molar refractivity (Wildman–Crippen MR) is 79.9 cm³/mol. The molecule has 0 saturated heterocycles. The Morgan fingerprint density at radius 2 is 1.70 bits per heavy atom. The first-order chi connectivity index (χ1) is 8.79. The average Bonchev–Trinajstić information content (AvgIpc) is 2.23. The molecule has 0 rings (SSSR count). The number of hydrogen-bond acceptors (Lipinski definition) is 2. The van der Waals surface area contributed by atoms with Crippen molar-refractivity contribution in [3.8, 4) is 0 Å². The monoisotopic (exact) mass is 308 g/mol. The fraction of sp³-hybridized carbons (Fsp3) is 0.846. The summed E-state index contributed by atoms with van der Waals surface area (Å²) in [6, 6.07) is 0. The van der Waals surface area contributed by atoms with Gasteiger partial charge in [0.05, 0.1) is 0 Å². The summed E-state index contributed by atoms with van der Waals surface area (Å²) in [4.78, 5) is 17.2. The lowest BCUT2D eigenvalue weighted by Gasteiger charge is -2.38. The molecule has 7 heteroatoms. The van der Waals surface area contributed by atoms with Crippen LogP contribution in [-0.2, 0) is 9.22 Å². The normalized spacial score (nSPS) is 15.4. The van der Waals surface area contributed by atoms with Gasteiger partial charge in [0, 0.05) is 14.1 Å². The quantitative estimate of drug-likeness (QED) is 0.455. The number of halogens is 2. The van der Waals surface area contributed by atoms with E-state index in [0.717, 1.165) is 0 Å². The number of alkyl halides is 2. The molecule has 1 amide bonds. The molecule has 0 aliphatic carbocycles. The van der Waals surface area contributed by atoms with Gasteiger partial charge in [0.2, 0.25) is 0 Å². The highest BCUT2D eigenvalue weighted by Gasteiger charge is 2.43. The van der Waals surface area contributed by atoms with E-state index in [0.29, 0.717) is 5.84 Å². The standard InChI is InChI=1S/C13H26F2N2O2Si/c1-9(17(5)6)16-12(18)10(11(14)15)19-20(7,8)13(2,3)4/h10-11H,1-8H3/b16-9+. The summed E-state index contributed by atoms with van der Waals surface area (Å²) in [6.45, 7) is 11.0. The van der Waals surface area contributed by atoms with E-state index in [1.165, 1.54) is 0 Å². The molecular formula is C13H26F2N2O2Si. The molecular weight excluding hydrogens is 282 g/mol. The summed E-state index contributed by atoms with van der Waals surface area (Å²) < 4.78 is 31.7. The Hall–Kier alpha value is -0.823. The smallest absolute Gasteiger partial charge is 0.281 e. The molecule has 0 fully saturated rings. The first-order valence-electron chi connectivity index (χ1n) is 6.52. The molecule has 0 aliphatic rings. The van der Waals surface area contributed by atoms with E-state index in [4.69, 9.17) is 4.43 Å². The van der Waals surface area contributed by atoms with Gasteiger partial charge in [0.1, 0.15) is 5.84 Å². The molecule has 0 heterocycles. The molecule has 0 spiro atoms. The Morgan fingerprint density at radius 1 is 1.25 bits per heavy atom. The second-order valence-corrected chi connectivity index (χ2v) is 11.3. The van der Waals surface area contributed by atoms with Crippen LogP contribution in [0.25, 0.3) is 0 Å². The largest absolute Gasteiger partial charge is 0.401 e. The van der Waals surface area contributed by atoms with Gasteiger partial charge in [-0.2, -0.15) is 4.99 Å². The van der Waals surface area contributed by atoms with Gasteiger partial charge >= 0.3 is 0 Å². The number of carbonyl (C=O) groups excluding carboxylic acids is 1. The van der Waals surface area contributed by atoms with Crippen molar-refractivity contribution in [3.63, 3.8) is 0 Å². The van der Waals surface area contributed by atoms with Crippen LogP contribution in [0.4, 0.5) is 8.78 Å². The van der Waals surface area contributed by atoms with Crippen molar-refractivity contribution in [2.75, 3.05) is 14.1 Å². The first kappa shape index (κ1) is 19.2. The molecule has 1 atom stereocenters. The number of aliphatic imine (C=N–C) groups is 1. The molecule has 0 saturated carbocycles. The SMILES string of the molecule is C/C(=N\C(=O)C(O[Si](C)(C)C(C)(C)C)C(F)F)N(C)C. The number of rotatable bonds is 4. The summed E-state index contributed by atoms with van der Waals surface area (Å²) in [6.07, 6.45) is -4.67. The second kappa shape index (κ2) is 6.75. The lowest BCUT2D eigenvalue weighted by molar-refractivity contribution is -0.132. The Morgan fingerprint density at radius 3 is 2.00 bits per heavy atom. The number of hydrogen-bond donors (Lipinski definition) is 0. The van der Waals surface area contributed by atoms with Gasteiger partial charge < -0.3 is 9.33 Å². The molecule has 1 unspecified atom stereocenters. The molecule has 4 nitrogen and oxygen atoms in total. The first-order valence-corrected chi connectivity index (χ1v) is 9.43. The topological polar surface area (TPSA) is 41.9 Å². The summed E-state index contributed by atoms with van der Waals surface area (Å²) in [5.41, 5.74) is 0. The van der Waals surface area contributed by atoms with Crippen LogP contribution in [0.1, 0.15) is 27.7 Å². The lowest BCUT2D eigenvalue weighted by Crippen LogP contribution is -2.48. The van der Waals surface area contributed by atoms with E-state index in [2.05, 4.69) is 4.99 Å². The fourth-order valence-electron chi connectivity index (χ4n) is 1.03. The minimum Gasteiger partial charge on any atom is -0.401 e. The van der Waals surface area contributed by atoms with Crippen molar-refractivity contribution >= 4 is 20.1 Å². The Balaban J connectivity index is 5.20. The second-order valence-electron chi connectivity index (χ2n) is 6.52. The average molecular weight is 308 g/mol. The molecule has 0 radical (unpaired) electrons. The number of amides is 1.